The molecule has 30 heavy (non-hydrogen) atoms. The molecule has 0 aliphatic carbocycles. The van der Waals surface area contributed by atoms with Crippen LogP contribution in [0.25, 0.3) is 0 Å². The number of hydrogen-bond donors (Lipinski definition) is 2. The Hall–Kier alpha value is -2.64. The Morgan fingerprint density at radius 3 is 2.27 bits per heavy atom. The van der Waals surface area contributed by atoms with E-state index < -0.39 is 0 Å². The van der Waals surface area contributed by atoms with E-state index in [1.807, 2.05) is 48.5 Å². The van der Waals surface area contributed by atoms with Crippen LogP contribution in [0.1, 0.15) is 36.3 Å². The maximum Gasteiger partial charge on any atom is 0.230 e. The number of nitrogens with zero attached hydrogens (tertiary/aromatic N) is 3. The van der Waals surface area contributed by atoms with Gasteiger partial charge in [0.05, 0.1) is 26.4 Å². The van der Waals surface area contributed by atoms with Crippen LogP contribution in [0.15, 0.2) is 65.8 Å². The molecule has 6 nitrogen and oxygen atoms in total. The first-order valence-electron chi connectivity index (χ1n) is 10.3. The van der Waals surface area contributed by atoms with E-state index in [0.717, 1.165) is 23.0 Å². The summed E-state index contributed by atoms with van der Waals surface area (Å²) >= 11 is 1.44. The van der Waals surface area contributed by atoms with Crippen molar-refractivity contribution in [1.29, 1.82) is 0 Å². The number of hydrogen-bond acceptors (Lipinski definition) is 4. The molecule has 0 saturated carbocycles. The second-order valence-corrected chi connectivity index (χ2v) is 8.44. The number of quaternary nitrogens is 1. The van der Waals surface area contributed by atoms with Gasteiger partial charge in [-0.25, -0.2) is 0 Å². The molecule has 3 aromatic rings. The van der Waals surface area contributed by atoms with E-state index in [-0.39, 0.29) is 11.9 Å². The predicted octanol–water partition coefficient (Wildman–Crippen LogP) is 2.33. The molecular formula is C23H30N5OS+. The van der Waals surface area contributed by atoms with Gasteiger partial charge < -0.3 is 10.2 Å². The highest BCUT2D eigenvalue weighted by Gasteiger charge is 2.25. The highest BCUT2D eigenvalue weighted by atomic mass is 32.2. The molecule has 158 valence electrons. The van der Waals surface area contributed by atoms with E-state index in [1.54, 1.807) is 0 Å². The van der Waals surface area contributed by atoms with Crippen LogP contribution in [0.2, 0.25) is 0 Å². The van der Waals surface area contributed by atoms with E-state index in [2.05, 4.69) is 53.2 Å². The van der Waals surface area contributed by atoms with Crippen LogP contribution in [0.5, 0.6) is 0 Å². The van der Waals surface area contributed by atoms with Gasteiger partial charge in [0.1, 0.15) is 6.04 Å². The third kappa shape index (κ3) is 5.93. The fourth-order valence-electron chi connectivity index (χ4n) is 3.41. The van der Waals surface area contributed by atoms with Crippen molar-refractivity contribution < 1.29 is 9.69 Å². The Balaban J connectivity index is 1.71. The lowest BCUT2D eigenvalue weighted by molar-refractivity contribution is -0.893. The molecule has 2 N–H and O–H groups in total. The van der Waals surface area contributed by atoms with Crippen molar-refractivity contribution in [2.24, 2.45) is 0 Å². The largest absolute Gasteiger partial charge is 0.351 e. The zero-order chi connectivity index (χ0) is 21.3. The highest BCUT2D eigenvalue weighted by molar-refractivity contribution is 7.99. The molecule has 0 aliphatic rings. The summed E-state index contributed by atoms with van der Waals surface area (Å²) in [6.45, 7) is 3.40. The minimum Gasteiger partial charge on any atom is -0.351 e. The number of thioether (sulfide) groups is 1. The Labute approximate surface area is 182 Å². The van der Waals surface area contributed by atoms with E-state index in [4.69, 9.17) is 0 Å². The average molecular weight is 425 g/mol. The van der Waals surface area contributed by atoms with Crippen LogP contribution in [0, 0.1) is 0 Å². The van der Waals surface area contributed by atoms with Crippen molar-refractivity contribution >= 4 is 17.7 Å². The first kappa shape index (κ1) is 22.1. The normalized spacial score (nSPS) is 12.1. The summed E-state index contributed by atoms with van der Waals surface area (Å²) in [7, 11) is 4.28. The highest BCUT2D eigenvalue weighted by Crippen LogP contribution is 2.22. The van der Waals surface area contributed by atoms with Crippen LogP contribution in [-0.2, 0) is 17.9 Å². The third-order valence-electron chi connectivity index (χ3n) is 5.01. The molecule has 1 heterocycles. The number of benzene rings is 2. The molecule has 0 unspecified atom stereocenters. The fraction of sp³-hybridized carbons (Fsp3) is 0.348. The van der Waals surface area contributed by atoms with Gasteiger partial charge in [-0.1, -0.05) is 79.3 Å². The Morgan fingerprint density at radius 2 is 1.67 bits per heavy atom. The van der Waals surface area contributed by atoms with Crippen molar-refractivity contribution in [2.75, 3.05) is 19.8 Å². The van der Waals surface area contributed by atoms with Gasteiger partial charge >= 0.3 is 0 Å². The summed E-state index contributed by atoms with van der Waals surface area (Å²) < 4.78 is 2.16. The van der Waals surface area contributed by atoms with Crippen molar-refractivity contribution in [2.45, 2.75) is 37.6 Å². The summed E-state index contributed by atoms with van der Waals surface area (Å²) in [6.07, 6.45) is 0.970. The van der Waals surface area contributed by atoms with Gasteiger partial charge in [0.2, 0.25) is 5.91 Å². The van der Waals surface area contributed by atoms with E-state index in [1.165, 1.54) is 22.2 Å². The first-order chi connectivity index (χ1) is 14.6. The van der Waals surface area contributed by atoms with Crippen LogP contribution in [-0.4, -0.2) is 40.5 Å². The fourth-order valence-corrected chi connectivity index (χ4v) is 4.18. The molecule has 0 bridgehead atoms. The van der Waals surface area contributed by atoms with Gasteiger partial charge in [-0.3, -0.25) is 9.36 Å². The number of amides is 1. The Morgan fingerprint density at radius 1 is 1.03 bits per heavy atom. The Kier molecular flexibility index (Phi) is 8.04. The maximum atomic E-state index is 12.4. The summed E-state index contributed by atoms with van der Waals surface area (Å²) in [4.78, 5) is 13.7. The van der Waals surface area contributed by atoms with Gasteiger partial charge in [-0.05, 0) is 11.1 Å². The number of carbonyl (C=O) groups is 1. The molecule has 0 fully saturated rings. The smallest absolute Gasteiger partial charge is 0.230 e. The number of carbonyl (C=O) groups excluding carboxylic acids is 1. The molecule has 2 aromatic carbocycles. The van der Waals surface area contributed by atoms with Crippen LogP contribution >= 0.6 is 11.8 Å². The molecule has 1 amide bonds. The van der Waals surface area contributed by atoms with Crippen molar-refractivity contribution in [1.82, 2.24) is 20.1 Å². The lowest BCUT2D eigenvalue weighted by Crippen LogP contribution is -3.06. The second-order valence-electron chi connectivity index (χ2n) is 7.50. The first-order valence-corrected chi connectivity index (χ1v) is 11.3. The Bertz CT molecular complexity index is 927. The van der Waals surface area contributed by atoms with Crippen LogP contribution in [0.4, 0.5) is 0 Å². The van der Waals surface area contributed by atoms with Crippen molar-refractivity contribution in [3.63, 3.8) is 0 Å². The van der Waals surface area contributed by atoms with E-state index in [9.17, 15) is 4.79 Å². The van der Waals surface area contributed by atoms with E-state index >= 15 is 0 Å². The molecule has 3 rings (SSSR count). The molecule has 7 heteroatoms. The minimum atomic E-state index is -0.00931. The van der Waals surface area contributed by atoms with Gasteiger partial charge in [0.25, 0.3) is 0 Å². The van der Waals surface area contributed by atoms with Crippen molar-refractivity contribution in [3.8, 4) is 0 Å². The average Bonchev–Trinajstić information content (AvgIpc) is 3.14. The third-order valence-corrected chi connectivity index (χ3v) is 5.98. The lowest BCUT2D eigenvalue weighted by Gasteiger charge is -2.20. The van der Waals surface area contributed by atoms with Crippen LogP contribution in [0.3, 0.4) is 0 Å². The topological polar surface area (TPSA) is 64.2 Å². The maximum absolute atomic E-state index is 12.4. The molecule has 0 spiro atoms. The molecule has 0 saturated heterocycles. The zero-order valence-electron chi connectivity index (χ0n) is 17.8. The summed E-state index contributed by atoms with van der Waals surface area (Å²) in [5, 5.41) is 12.7. The molecular weight excluding hydrogens is 394 g/mol. The zero-order valence-corrected chi connectivity index (χ0v) is 18.7. The second kappa shape index (κ2) is 10.9. The summed E-state index contributed by atoms with van der Waals surface area (Å²) in [5.41, 5.74) is 2.28. The summed E-state index contributed by atoms with van der Waals surface area (Å²) in [5.74, 6) is 1.27. The lowest BCUT2D eigenvalue weighted by atomic mass is 10.2. The minimum absolute atomic E-state index is 0.00931. The van der Waals surface area contributed by atoms with Crippen LogP contribution < -0.4 is 10.2 Å². The van der Waals surface area contributed by atoms with E-state index in [0.29, 0.717) is 18.8 Å². The molecule has 1 aromatic heterocycles. The predicted molar refractivity (Wildman–Crippen MR) is 120 cm³/mol. The number of nitrogens with one attached hydrogen (secondary N) is 2. The molecule has 1 atom stereocenters. The van der Waals surface area contributed by atoms with Gasteiger partial charge in [-0.2, -0.15) is 0 Å². The van der Waals surface area contributed by atoms with Gasteiger partial charge in [0, 0.05) is 13.0 Å². The number of rotatable bonds is 10. The van der Waals surface area contributed by atoms with Gasteiger partial charge in [0.15, 0.2) is 11.0 Å². The quantitative estimate of drug-likeness (QED) is 0.491. The molecule has 0 aliphatic heterocycles. The van der Waals surface area contributed by atoms with Crippen molar-refractivity contribution in [3.05, 3.63) is 77.6 Å². The SMILES string of the molecule is CC[C@H](c1nnc(SCC(=O)NCc2ccccc2)n1Cc1ccccc1)[NH+](C)C. The standard InChI is InChI=1S/C23H29N5OS/c1-4-20(27(2)3)22-25-26-23(28(22)16-19-13-9-6-10-14-19)30-17-21(29)24-15-18-11-7-5-8-12-18/h5-14,20H,4,15-17H2,1-3H3,(H,24,29)/p+1/t20-/m1/s1. The monoisotopic (exact) mass is 424 g/mol. The summed E-state index contributed by atoms with van der Waals surface area (Å²) in [6, 6.07) is 20.5. The number of aromatic nitrogens is 3. The van der Waals surface area contributed by atoms with Gasteiger partial charge in [-0.15, -0.1) is 10.2 Å². The molecule has 0 radical (unpaired) electrons.